The molecule has 1 saturated heterocycles. The number of ether oxygens (including phenoxy) is 1. The maximum absolute atomic E-state index is 10.7. The quantitative estimate of drug-likeness (QED) is 0.773. The predicted octanol–water partition coefficient (Wildman–Crippen LogP) is 2.11. The van der Waals surface area contributed by atoms with Crippen LogP contribution in [-0.4, -0.2) is 77.9 Å². The minimum atomic E-state index is -0.591. The number of aliphatic imine (C=N–C) groups is 1. The fraction of sp³-hybridized carbons (Fsp3) is 0.476. The first-order valence-electron chi connectivity index (χ1n) is 10.2. The van der Waals surface area contributed by atoms with E-state index in [0.717, 1.165) is 78.9 Å². The average Bonchev–Trinajstić information content (AvgIpc) is 3.33. The van der Waals surface area contributed by atoms with Crippen LogP contribution >= 0.6 is 11.8 Å². The molecule has 0 bridgehead atoms. The standard InChI is InChI=1S/C21H25N5O2S/c27-19(21-22-5-11-29-21)15-2-1-6-26(13-15)20-17-4-3-16(12-18(17)23-14-24-20)25-7-9-28-10-8-25/h2-4,12,14,19,27H,1,5-11,13H2. The number of nitrogens with zero attached hydrogens (tertiary/aromatic N) is 5. The average molecular weight is 412 g/mol. The highest BCUT2D eigenvalue weighted by atomic mass is 32.2. The molecule has 152 valence electrons. The van der Waals surface area contributed by atoms with Gasteiger partial charge in [-0.15, -0.1) is 11.8 Å². The molecule has 3 aliphatic rings. The van der Waals surface area contributed by atoms with E-state index in [0.29, 0.717) is 6.54 Å². The number of aliphatic hydroxyl groups excluding tert-OH is 1. The zero-order valence-corrected chi connectivity index (χ0v) is 17.1. The summed E-state index contributed by atoms with van der Waals surface area (Å²) in [5.41, 5.74) is 3.14. The third kappa shape index (κ3) is 3.84. The maximum atomic E-state index is 10.7. The first-order valence-corrected chi connectivity index (χ1v) is 11.1. The molecule has 2 aromatic rings. The number of fused-ring (bicyclic) bond motifs is 1. The molecule has 8 heteroatoms. The van der Waals surface area contributed by atoms with Crippen molar-refractivity contribution < 1.29 is 9.84 Å². The van der Waals surface area contributed by atoms with Crippen LogP contribution in [0.4, 0.5) is 11.5 Å². The van der Waals surface area contributed by atoms with Gasteiger partial charge in [0, 0.05) is 49.6 Å². The fourth-order valence-corrected chi connectivity index (χ4v) is 5.01. The molecule has 0 amide bonds. The third-order valence-electron chi connectivity index (χ3n) is 5.65. The molecule has 0 spiro atoms. The van der Waals surface area contributed by atoms with E-state index in [1.54, 1.807) is 18.1 Å². The zero-order chi connectivity index (χ0) is 19.6. The van der Waals surface area contributed by atoms with Gasteiger partial charge in [0.2, 0.25) is 0 Å². The summed E-state index contributed by atoms with van der Waals surface area (Å²) in [7, 11) is 0. The van der Waals surface area contributed by atoms with Crippen molar-refractivity contribution in [3.8, 4) is 0 Å². The second-order valence-corrected chi connectivity index (χ2v) is 8.57. The van der Waals surface area contributed by atoms with Gasteiger partial charge < -0.3 is 19.6 Å². The molecule has 3 aliphatic heterocycles. The van der Waals surface area contributed by atoms with Crippen LogP contribution in [-0.2, 0) is 4.74 Å². The smallest absolute Gasteiger partial charge is 0.140 e. The largest absolute Gasteiger partial charge is 0.382 e. The molecule has 1 unspecified atom stereocenters. The zero-order valence-electron chi connectivity index (χ0n) is 16.3. The lowest BCUT2D eigenvalue weighted by Gasteiger charge is -2.31. The highest BCUT2D eigenvalue weighted by molar-refractivity contribution is 8.14. The van der Waals surface area contributed by atoms with Crippen molar-refractivity contribution in [1.29, 1.82) is 0 Å². The third-order valence-corrected chi connectivity index (χ3v) is 6.68. The Morgan fingerprint density at radius 3 is 2.83 bits per heavy atom. The number of aliphatic hydroxyl groups is 1. The Morgan fingerprint density at radius 1 is 1.10 bits per heavy atom. The summed E-state index contributed by atoms with van der Waals surface area (Å²) in [5.74, 6) is 1.90. The second-order valence-electron chi connectivity index (χ2n) is 7.46. The number of thioether (sulfide) groups is 1. The normalized spacial score (nSPS) is 21.3. The van der Waals surface area contributed by atoms with Gasteiger partial charge in [0.05, 0.1) is 18.7 Å². The lowest BCUT2D eigenvalue weighted by molar-refractivity contribution is 0.122. The Hall–Kier alpha value is -2.16. The van der Waals surface area contributed by atoms with Crippen LogP contribution < -0.4 is 9.80 Å². The molecule has 4 heterocycles. The van der Waals surface area contributed by atoms with Crippen LogP contribution in [0.2, 0.25) is 0 Å². The molecule has 1 aromatic carbocycles. The van der Waals surface area contributed by atoms with Crippen molar-refractivity contribution in [1.82, 2.24) is 9.97 Å². The molecular weight excluding hydrogens is 386 g/mol. The van der Waals surface area contributed by atoms with Crippen LogP contribution in [0.5, 0.6) is 0 Å². The number of aromatic nitrogens is 2. The van der Waals surface area contributed by atoms with Crippen molar-refractivity contribution in [3.05, 3.63) is 36.2 Å². The SMILES string of the molecule is OC(C1=CCCN(c2ncnc3cc(N4CCOCC4)ccc23)C1)C1=NCCS1. The van der Waals surface area contributed by atoms with Crippen LogP contribution in [0.1, 0.15) is 6.42 Å². The Labute approximate surface area is 174 Å². The van der Waals surface area contributed by atoms with Crippen LogP contribution in [0.25, 0.3) is 10.9 Å². The number of hydrogen-bond acceptors (Lipinski definition) is 8. The summed E-state index contributed by atoms with van der Waals surface area (Å²) in [5, 5.41) is 12.6. The van der Waals surface area contributed by atoms with Gasteiger partial charge in [0.25, 0.3) is 0 Å². The molecule has 1 atom stereocenters. The van der Waals surface area contributed by atoms with E-state index in [1.165, 1.54) is 5.69 Å². The topological polar surface area (TPSA) is 74.1 Å². The Kier molecular flexibility index (Phi) is 5.39. The maximum Gasteiger partial charge on any atom is 0.140 e. The van der Waals surface area contributed by atoms with Crippen LogP contribution in [0.3, 0.4) is 0 Å². The first-order chi connectivity index (χ1) is 14.3. The van der Waals surface area contributed by atoms with Gasteiger partial charge in [-0.2, -0.15) is 0 Å². The summed E-state index contributed by atoms with van der Waals surface area (Å²) >= 11 is 1.66. The molecule has 0 saturated carbocycles. The van der Waals surface area contributed by atoms with Crippen molar-refractivity contribution in [2.24, 2.45) is 4.99 Å². The summed E-state index contributed by atoms with van der Waals surface area (Å²) in [6, 6.07) is 6.42. The van der Waals surface area contributed by atoms with Crippen molar-refractivity contribution in [2.75, 3.05) is 61.5 Å². The monoisotopic (exact) mass is 411 g/mol. The van der Waals surface area contributed by atoms with E-state index >= 15 is 0 Å². The van der Waals surface area contributed by atoms with Crippen LogP contribution in [0, 0.1) is 0 Å². The van der Waals surface area contributed by atoms with Gasteiger partial charge in [-0.25, -0.2) is 9.97 Å². The van der Waals surface area contributed by atoms with E-state index in [1.807, 2.05) is 0 Å². The van der Waals surface area contributed by atoms with Gasteiger partial charge in [-0.3, -0.25) is 4.99 Å². The predicted molar refractivity (Wildman–Crippen MR) is 118 cm³/mol. The number of morpholine rings is 1. The lowest BCUT2D eigenvalue weighted by Crippen LogP contribution is -2.36. The minimum absolute atomic E-state index is 0.591. The molecule has 7 nitrogen and oxygen atoms in total. The Bertz CT molecular complexity index is 957. The van der Waals surface area contributed by atoms with Crippen molar-refractivity contribution in [3.63, 3.8) is 0 Å². The fourth-order valence-electron chi connectivity index (χ4n) is 4.13. The van der Waals surface area contributed by atoms with Gasteiger partial charge >= 0.3 is 0 Å². The minimum Gasteiger partial charge on any atom is -0.382 e. The first kappa shape index (κ1) is 18.8. The summed E-state index contributed by atoms with van der Waals surface area (Å²) < 4.78 is 5.46. The van der Waals surface area contributed by atoms with E-state index in [-0.39, 0.29) is 0 Å². The van der Waals surface area contributed by atoms with E-state index in [2.05, 4.69) is 49.0 Å². The molecule has 1 aromatic heterocycles. The highest BCUT2D eigenvalue weighted by Crippen LogP contribution is 2.30. The summed E-state index contributed by atoms with van der Waals surface area (Å²) in [6.07, 6.45) is 4.10. The summed E-state index contributed by atoms with van der Waals surface area (Å²) in [4.78, 5) is 18.2. The number of anilines is 2. The van der Waals surface area contributed by atoms with Gasteiger partial charge in [-0.1, -0.05) is 6.08 Å². The lowest BCUT2D eigenvalue weighted by atomic mass is 10.0. The number of benzene rings is 1. The molecule has 0 radical (unpaired) electrons. The van der Waals surface area contributed by atoms with Crippen molar-refractivity contribution >= 4 is 39.2 Å². The van der Waals surface area contributed by atoms with Crippen LogP contribution in [0.15, 0.2) is 41.2 Å². The highest BCUT2D eigenvalue weighted by Gasteiger charge is 2.26. The molecule has 1 N–H and O–H groups in total. The van der Waals surface area contributed by atoms with Crippen molar-refractivity contribution in [2.45, 2.75) is 12.5 Å². The van der Waals surface area contributed by atoms with E-state index < -0.39 is 6.10 Å². The Balaban J connectivity index is 1.40. The number of rotatable bonds is 4. The van der Waals surface area contributed by atoms with Gasteiger partial charge in [-0.05, 0) is 30.2 Å². The molecule has 1 fully saturated rings. The molecule has 5 rings (SSSR count). The van der Waals surface area contributed by atoms with E-state index in [9.17, 15) is 5.11 Å². The molecular formula is C21H25N5O2S. The molecule has 29 heavy (non-hydrogen) atoms. The Morgan fingerprint density at radius 2 is 2.00 bits per heavy atom. The van der Waals surface area contributed by atoms with Gasteiger partial charge in [0.1, 0.15) is 23.3 Å². The summed E-state index contributed by atoms with van der Waals surface area (Å²) in [6.45, 7) is 5.69. The molecule has 0 aliphatic carbocycles. The number of hydrogen-bond donors (Lipinski definition) is 1. The second kappa shape index (κ2) is 8.30. The van der Waals surface area contributed by atoms with E-state index in [4.69, 9.17) is 4.74 Å². The van der Waals surface area contributed by atoms with Gasteiger partial charge in [0.15, 0.2) is 0 Å².